The highest BCUT2D eigenvalue weighted by Gasteiger charge is 2.22. The van der Waals surface area contributed by atoms with Crippen molar-refractivity contribution in [2.45, 2.75) is 13.3 Å². The Bertz CT molecular complexity index is 508. The highest BCUT2D eigenvalue weighted by atomic mass is 16.6. The first kappa shape index (κ1) is 13.2. The maximum absolute atomic E-state index is 12.7. The number of benzene rings is 1. The lowest BCUT2D eigenvalue weighted by Crippen LogP contribution is -2.34. The average Bonchev–Trinajstić information content (AvgIpc) is 2.75. The molecule has 1 N–H and O–H groups in total. The van der Waals surface area contributed by atoms with Gasteiger partial charge < -0.3 is 19.7 Å². The molecule has 5 nitrogen and oxygen atoms in total. The Labute approximate surface area is 118 Å². The van der Waals surface area contributed by atoms with Gasteiger partial charge in [-0.25, -0.2) is 0 Å². The quantitative estimate of drug-likeness (QED) is 0.837. The molecule has 2 aliphatic heterocycles. The van der Waals surface area contributed by atoms with Crippen LogP contribution in [-0.4, -0.2) is 50.2 Å². The molecule has 0 aliphatic carbocycles. The van der Waals surface area contributed by atoms with E-state index in [9.17, 15) is 4.79 Å². The first-order valence-electron chi connectivity index (χ1n) is 7.16. The number of fused-ring (bicyclic) bond motifs is 1. The highest BCUT2D eigenvalue weighted by Crippen LogP contribution is 2.33. The smallest absolute Gasteiger partial charge is 0.254 e. The van der Waals surface area contributed by atoms with Crippen LogP contribution >= 0.6 is 0 Å². The Morgan fingerprint density at radius 2 is 1.90 bits per heavy atom. The van der Waals surface area contributed by atoms with E-state index in [0.717, 1.165) is 49.5 Å². The van der Waals surface area contributed by atoms with Crippen molar-refractivity contribution in [3.05, 3.63) is 23.3 Å². The summed E-state index contributed by atoms with van der Waals surface area (Å²) >= 11 is 0. The normalized spacial score (nSPS) is 18.6. The van der Waals surface area contributed by atoms with Crippen molar-refractivity contribution < 1.29 is 14.3 Å². The fourth-order valence-corrected chi connectivity index (χ4v) is 2.64. The number of hydrogen-bond donors (Lipinski definition) is 1. The van der Waals surface area contributed by atoms with Crippen LogP contribution in [0.1, 0.15) is 22.3 Å². The van der Waals surface area contributed by atoms with Crippen LogP contribution in [0.25, 0.3) is 0 Å². The second kappa shape index (κ2) is 5.71. The summed E-state index contributed by atoms with van der Waals surface area (Å²) in [6.45, 7) is 6.45. The minimum Gasteiger partial charge on any atom is -0.486 e. The molecule has 3 rings (SSSR count). The van der Waals surface area contributed by atoms with Gasteiger partial charge in [0.2, 0.25) is 0 Å². The fourth-order valence-electron chi connectivity index (χ4n) is 2.64. The number of carbonyl (C=O) groups is 1. The van der Waals surface area contributed by atoms with Gasteiger partial charge in [-0.1, -0.05) is 0 Å². The number of carbonyl (C=O) groups excluding carboxylic acids is 1. The molecular formula is C15H20N2O3. The van der Waals surface area contributed by atoms with E-state index in [1.54, 1.807) is 0 Å². The van der Waals surface area contributed by atoms with E-state index in [1.165, 1.54) is 0 Å². The third-order valence-electron chi connectivity index (χ3n) is 3.75. The first-order chi connectivity index (χ1) is 9.75. The predicted molar refractivity (Wildman–Crippen MR) is 75.6 cm³/mol. The van der Waals surface area contributed by atoms with E-state index in [0.29, 0.717) is 19.0 Å². The van der Waals surface area contributed by atoms with Crippen LogP contribution in [0.15, 0.2) is 12.1 Å². The number of hydrogen-bond acceptors (Lipinski definition) is 4. The molecule has 0 atom stereocenters. The minimum atomic E-state index is 0.0863. The summed E-state index contributed by atoms with van der Waals surface area (Å²) in [4.78, 5) is 14.6. The van der Waals surface area contributed by atoms with Gasteiger partial charge in [-0.3, -0.25) is 4.79 Å². The van der Waals surface area contributed by atoms with Crippen LogP contribution in [0.5, 0.6) is 11.5 Å². The lowest BCUT2D eigenvalue weighted by Gasteiger charge is -2.24. The van der Waals surface area contributed by atoms with Crippen LogP contribution in [0, 0.1) is 6.92 Å². The monoisotopic (exact) mass is 276 g/mol. The van der Waals surface area contributed by atoms with Gasteiger partial charge in [0.1, 0.15) is 13.2 Å². The molecule has 1 aromatic rings. The summed E-state index contributed by atoms with van der Waals surface area (Å²) < 4.78 is 11.1. The number of nitrogens with zero attached hydrogens (tertiary/aromatic N) is 1. The molecule has 1 amide bonds. The lowest BCUT2D eigenvalue weighted by molar-refractivity contribution is 0.0764. The van der Waals surface area contributed by atoms with Gasteiger partial charge in [0.25, 0.3) is 5.91 Å². The Morgan fingerprint density at radius 1 is 1.15 bits per heavy atom. The molecule has 0 bridgehead atoms. The molecule has 0 unspecified atom stereocenters. The van der Waals surface area contributed by atoms with Crippen LogP contribution in [-0.2, 0) is 0 Å². The molecule has 0 radical (unpaired) electrons. The minimum absolute atomic E-state index is 0.0863. The van der Waals surface area contributed by atoms with Crippen molar-refractivity contribution in [1.82, 2.24) is 10.2 Å². The van der Waals surface area contributed by atoms with Crippen molar-refractivity contribution in [1.29, 1.82) is 0 Å². The third kappa shape index (κ3) is 2.58. The summed E-state index contributed by atoms with van der Waals surface area (Å²) in [7, 11) is 0. The number of ether oxygens (including phenoxy) is 2. The number of aryl methyl sites for hydroxylation is 1. The van der Waals surface area contributed by atoms with Gasteiger partial charge in [0.05, 0.1) is 0 Å². The summed E-state index contributed by atoms with van der Waals surface area (Å²) in [5, 5.41) is 3.31. The second-order valence-electron chi connectivity index (χ2n) is 5.21. The van der Waals surface area contributed by atoms with Crippen molar-refractivity contribution in [3.8, 4) is 11.5 Å². The molecule has 0 spiro atoms. The molecule has 1 saturated heterocycles. The molecule has 2 heterocycles. The summed E-state index contributed by atoms with van der Waals surface area (Å²) in [5.41, 5.74) is 1.66. The standard InChI is InChI=1S/C15H20N2O3/c1-11-9-13-14(20-8-7-19-13)10-12(11)15(18)17-5-2-3-16-4-6-17/h9-10,16H,2-8H2,1H3. The zero-order valence-electron chi connectivity index (χ0n) is 11.8. The topological polar surface area (TPSA) is 50.8 Å². The second-order valence-corrected chi connectivity index (χ2v) is 5.21. The Hall–Kier alpha value is -1.75. The van der Waals surface area contributed by atoms with Gasteiger partial charge in [-0.2, -0.15) is 0 Å². The lowest BCUT2D eigenvalue weighted by atomic mass is 10.1. The summed E-state index contributed by atoms with van der Waals surface area (Å²) in [6, 6.07) is 3.72. The third-order valence-corrected chi connectivity index (χ3v) is 3.75. The van der Waals surface area contributed by atoms with E-state index < -0.39 is 0 Å². The molecule has 1 fully saturated rings. The van der Waals surface area contributed by atoms with Crippen LogP contribution in [0.4, 0.5) is 0 Å². The predicted octanol–water partition coefficient (Wildman–Crippen LogP) is 1.20. The largest absolute Gasteiger partial charge is 0.486 e. The van der Waals surface area contributed by atoms with Gasteiger partial charge >= 0.3 is 0 Å². The van der Waals surface area contributed by atoms with Crippen molar-refractivity contribution in [2.75, 3.05) is 39.4 Å². The van der Waals surface area contributed by atoms with E-state index >= 15 is 0 Å². The van der Waals surface area contributed by atoms with Crippen molar-refractivity contribution in [2.24, 2.45) is 0 Å². The van der Waals surface area contributed by atoms with Crippen LogP contribution in [0.2, 0.25) is 0 Å². The zero-order valence-corrected chi connectivity index (χ0v) is 11.8. The van der Waals surface area contributed by atoms with E-state index in [2.05, 4.69) is 5.32 Å². The SMILES string of the molecule is Cc1cc2c(cc1C(=O)N1CCCNCC1)OCCO2. The Kier molecular flexibility index (Phi) is 3.78. The molecule has 1 aromatic carbocycles. The molecule has 0 aromatic heterocycles. The number of nitrogens with one attached hydrogen (secondary N) is 1. The Balaban J connectivity index is 1.86. The summed E-state index contributed by atoms with van der Waals surface area (Å²) in [5.74, 6) is 1.50. The maximum Gasteiger partial charge on any atom is 0.254 e. The first-order valence-corrected chi connectivity index (χ1v) is 7.16. The van der Waals surface area contributed by atoms with Gasteiger partial charge in [0.15, 0.2) is 11.5 Å². The molecule has 108 valence electrons. The Morgan fingerprint density at radius 3 is 2.70 bits per heavy atom. The molecular weight excluding hydrogens is 256 g/mol. The number of amides is 1. The van der Waals surface area contributed by atoms with Crippen molar-refractivity contribution >= 4 is 5.91 Å². The van der Waals surface area contributed by atoms with Gasteiger partial charge in [-0.05, 0) is 37.6 Å². The molecule has 2 aliphatic rings. The highest BCUT2D eigenvalue weighted by molar-refractivity contribution is 5.96. The van der Waals surface area contributed by atoms with Gasteiger partial charge in [-0.15, -0.1) is 0 Å². The van der Waals surface area contributed by atoms with Gasteiger partial charge in [0, 0.05) is 25.2 Å². The van der Waals surface area contributed by atoms with Crippen LogP contribution < -0.4 is 14.8 Å². The summed E-state index contributed by atoms with van der Waals surface area (Å²) in [6.07, 6.45) is 0.995. The zero-order chi connectivity index (χ0) is 13.9. The van der Waals surface area contributed by atoms with E-state index in [-0.39, 0.29) is 5.91 Å². The fraction of sp³-hybridized carbons (Fsp3) is 0.533. The van der Waals surface area contributed by atoms with E-state index in [1.807, 2.05) is 24.0 Å². The molecule has 0 saturated carbocycles. The molecule has 20 heavy (non-hydrogen) atoms. The van der Waals surface area contributed by atoms with Crippen molar-refractivity contribution in [3.63, 3.8) is 0 Å². The number of rotatable bonds is 1. The average molecular weight is 276 g/mol. The van der Waals surface area contributed by atoms with Crippen LogP contribution in [0.3, 0.4) is 0 Å². The molecule has 5 heteroatoms. The maximum atomic E-state index is 12.7. The van der Waals surface area contributed by atoms with E-state index in [4.69, 9.17) is 9.47 Å².